The summed E-state index contributed by atoms with van der Waals surface area (Å²) in [6.45, 7) is 7.17. The lowest BCUT2D eigenvalue weighted by atomic mass is 10.0. The number of anilines is 1. The number of carbonyl (C=O) groups is 1. The second kappa shape index (κ2) is 8.54. The Morgan fingerprint density at radius 2 is 1.78 bits per heavy atom. The monoisotopic (exact) mass is 390 g/mol. The predicted molar refractivity (Wildman–Crippen MR) is 107 cm³/mol. The Morgan fingerprint density at radius 3 is 2.41 bits per heavy atom. The van der Waals surface area contributed by atoms with Crippen molar-refractivity contribution < 1.29 is 17.9 Å². The first kappa shape index (κ1) is 20.9. The van der Waals surface area contributed by atoms with Crippen LogP contribution in [0.15, 0.2) is 41.3 Å². The fourth-order valence-corrected chi connectivity index (χ4v) is 4.11. The number of carbonyl (C=O) groups excluding carboxylic acids is 1. The third-order valence-corrected chi connectivity index (χ3v) is 5.80. The van der Waals surface area contributed by atoms with E-state index in [-0.39, 0.29) is 17.4 Å². The average Bonchev–Trinajstić information content (AvgIpc) is 2.61. The van der Waals surface area contributed by atoms with Crippen LogP contribution in [-0.2, 0) is 14.8 Å². The minimum Gasteiger partial charge on any atom is -0.496 e. The molecule has 0 heterocycles. The molecule has 0 aliphatic carbocycles. The fraction of sp³-hybridized carbons (Fsp3) is 0.350. The first-order chi connectivity index (χ1) is 12.7. The van der Waals surface area contributed by atoms with E-state index in [0.717, 1.165) is 5.56 Å². The number of amides is 1. The van der Waals surface area contributed by atoms with Crippen molar-refractivity contribution in [2.75, 3.05) is 19.0 Å². The van der Waals surface area contributed by atoms with Crippen molar-refractivity contribution >= 4 is 21.6 Å². The summed E-state index contributed by atoms with van der Waals surface area (Å²) in [5.74, 6) is 0.437. The topological polar surface area (TPSA) is 84.5 Å². The first-order valence-corrected chi connectivity index (χ1v) is 10.2. The summed E-state index contributed by atoms with van der Waals surface area (Å²) >= 11 is 0. The molecule has 0 aliphatic heterocycles. The predicted octanol–water partition coefficient (Wildman–Crippen LogP) is 3.35. The highest BCUT2D eigenvalue weighted by Crippen LogP contribution is 2.26. The minimum atomic E-state index is -3.82. The molecule has 2 N–H and O–H groups in total. The molecule has 27 heavy (non-hydrogen) atoms. The van der Waals surface area contributed by atoms with Crippen LogP contribution in [0.3, 0.4) is 0 Å². The number of rotatable bonds is 7. The van der Waals surface area contributed by atoms with Gasteiger partial charge in [0.15, 0.2) is 0 Å². The maximum absolute atomic E-state index is 12.6. The number of aryl methyl sites for hydroxylation is 2. The van der Waals surface area contributed by atoms with Crippen LogP contribution >= 0.6 is 0 Å². The second-order valence-corrected chi connectivity index (χ2v) is 8.44. The van der Waals surface area contributed by atoms with Crippen LogP contribution in [0.4, 0.5) is 5.69 Å². The molecule has 146 valence electrons. The van der Waals surface area contributed by atoms with Crippen molar-refractivity contribution in [1.82, 2.24) is 4.72 Å². The Bertz CT molecular complexity index is 937. The molecule has 0 radical (unpaired) electrons. The van der Waals surface area contributed by atoms with Gasteiger partial charge in [-0.3, -0.25) is 4.79 Å². The summed E-state index contributed by atoms with van der Waals surface area (Å²) in [5.41, 5.74) is 2.94. The highest BCUT2D eigenvalue weighted by atomic mass is 32.2. The SMILES string of the molecule is COc1cc(C)c(S(=O)(=O)NCC(=O)Nc2ccccc2C(C)C)cc1C. The molecule has 0 saturated heterocycles. The van der Waals surface area contributed by atoms with E-state index in [1.165, 1.54) is 7.11 Å². The van der Waals surface area contributed by atoms with Gasteiger partial charge in [-0.2, -0.15) is 0 Å². The van der Waals surface area contributed by atoms with Crippen LogP contribution < -0.4 is 14.8 Å². The largest absolute Gasteiger partial charge is 0.496 e. The van der Waals surface area contributed by atoms with E-state index >= 15 is 0 Å². The van der Waals surface area contributed by atoms with Gasteiger partial charge in [-0.15, -0.1) is 0 Å². The molecule has 0 bridgehead atoms. The van der Waals surface area contributed by atoms with Crippen molar-refractivity contribution in [3.05, 3.63) is 53.1 Å². The number of para-hydroxylation sites is 1. The maximum atomic E-state index is 12.6. The number of hydrogen-bond acceptors (Lipinski definition) is 4. The van der Waals surface area contributed by atoms with E-state index < -0.39 is 15.9 Å². The van der Waals surface area contributed by atoms with E-state index in [9.17, 15) is 13.2 Å². The number of ether oxygens (including phenoxy) is 1. The molecule has 2 aromatic rings. The maximum Gasteiger partial charge on any atom is 0.241 e. The quantitative estimate of drug-likeness (QED) is 0.759. The average molecular weight is 391 g/mol. The molecule has 0 unspecified atom stereocenters. The van der Waals surface area contributed by atoms with Crippen LogP contribution in [0, 0.1) is 13.8 Å². The van der Waals surface area contributed by atoms with Gasteiger partial charge >= 0.3 is 0 Å². The summed E-state index contributed by atoms with van der Waals surface area (Å²) in [4.78, 5) is 12.4. The van der Waals surface area contributed by atoms with Gasteiger partial charge < -0.3 is 10.1 Å². The third kappa shape index (κ3) is 5.08. The molecular formula is C20H26N2O4S. The number of sulfonamides is 1. The molecule has 0 fully saturated rings. The molecule has 0 spiro atoms. The first-order valence-electron chi connectivity index (χ1n) is 8.69. The molecule has 0 aliphatic rings. The summed E-state index contributed by atoms with van der Waals surface area (Å²) < 4.78 is 32.8. The Morgan fingerprint density at radius 1 is 1.11 bits per heavy atom. The van der Waals surface area contributed by atoms with E-state index in [4.69, 9.17) is 4.74 Å². The van der Waals surface area contributed by atoms with E-state index in [2.05, 4.69) is 10.0 Å². The Balaban J connectivity index is 2.12. The molecular weight excluding hydrogens is 364 g/mol. The highest BCUT2D eigenvalue weighted by Gasteiger charge is 2.20. The molecule has 2 rings (SSSR count). The van der Waals surface area contributed by atoms with Crippen LogP contribution in [0.25, 0.3) is 0 Å². The Kier molecular flexibility index (Phi) is 6.62. The van der Waals surface area contributed by atoms with Gasteiger partial charge in [0.05, 0.1) is 18.6 Å². The Hall–Kier alpha value is -2.38. The van der Waals surface area contributed by atoms with Gasteiger partial charge in [0.1, 0.15) is 5.75 Å². The van der Waals surface area contributed by atoms with Gasteiger partial charge in [0.2, 0.25) is 15.9 Å². The Labute approximate surface area is 161 Å². The van der Waals surface area contributed by atoms with Crippen LogP contribution in [-0.4, -0.2) is 28.0 Å². The third-order valence-electron chi connectivity index (χ3n) is 4.26. The van der Waals surface area contributed by atoms with E-state index in [1.807, 2.05) is 32.0 Å². The minimum absolute atomic E-state index is 0.135. The van der Waals surface area contributed by atoms with Gasteiger partial charge in [0.25, 0.3) is 0 Å². The summed E-state index contributed by atoms with van der Waals surface area (Å²) in [6.07, 6.45) is 0. The summed E-state index contributed by atoms with van der Waals surface area (Å²) in [7, 11) is -2.28. The molecule has 0 aromatic heterocycles. The lowest BCUT2D eigenvalue weighted by molar-refractivity contribution is -0.115. The zero-order valence-electron chi connectivity index (χ0n) is 16.3. The highest BCUT2D eigenvalue weighted by molar-refractivity contribution is 7.89. The number of hydrogen-bond donors (Lipinski definition) is 2. The van der Waals surface area contributed by atoms with Gasteiger partial charge in [-0.05, 0) is 54.7 Å². The van der Waals surface area contributed by atoms with Crippen LogP contribution in [0.2, 0.25) is 0 Å². The van der Waals surface area contributed by atoms with Crippen molar-refractivity contribution in [3.8, 4) is 5.75 Å². The van der Waals surface area contributed by atoms with Gasteiger partial charge in [0, 0.05) is 5.69 Å². The lowest BCUT2D eigenvalue weighted by Gasteiger charge is -2.15. The number of methoxy groups -OCH3 is 1. The molecule has 6 nitrogen and oxygen atoms in total. The van der Waals surface area contributed by atoms with Crippen LogP contribution in [0.5, 0.6) is 5.75 Å². The second-order valence-electron chi connectivity index (χ2n) is 6.70. The normalized spacial score (nSPS) is 11.5. The van der Waals surface area contributed by atoms with Crippen molar-refractivity contribution in [2.45, 2.75) is 38.5 Å². The summed E-state index contributed by atoms with van der Waals surface area (Å²) in [6, 6.07) is 10.7. The van der Waals surface area contributed by atoms with E-state index in [0.29, 0.717) is 22.6 Å². The zero-order chi connectivity index (χ0) is 20.2. The van der Waals surface area contributed by atoms with Crippen molar-refractivity contribution in [1.29, 1.82) is 0 Å². The molecule has 1 amide bonds. The molecule has 0 atom stereocenters. The smallest absolute Gasteiger partial charge is 0.241 e. The van der Waals surface area contributed by atoms with Gasteiger partial charge in [-0.1, -0.05) is 32.0 Å². The summed E-state index contributed by atoms with van der Waals surface area (Å²) in [5, 5.41) is 2.77. The van der Waals surface area contributed by atoms with Crippen LogP contribution in [0.1, 0.15) is 36.5 Å². The lowest BCUT2D eigenvalue weighted by Crippen LogP contribution is -2.33. The van der Waals surface area contributed by atoms with Crippen molar-refractivity contribution in [2.24, 2.45) is 0 Å². The van der Waals surface area contributed by atoms with E-state index in [1.54, 1.807) is 32.0 Å². The standard InChI is InChI=1S/C20H26N2O4S/c1-13(2)16-8-6-7-9-17(16)22-20(23)12-21-27(24,25)19-11-14(3)18(26-5)10-15(19)4/h6-11,13,21H,12H2,1-5H3,(H,22,23). The molecule has 0 saturated carbocycles. The molecule has 2 aromatic carbocycles. The van der Waals surface area contributed by atoms with Crippen molar-refractivity contribution in [3.63, 3.8) is 0 Å². The number of benzene rings is 2. The van der Waals surface area contributed by atoms with Gasteiger partial charge in [-0.25, -0.2) is 13.1 Å². The zero-order valence-corrected chi connectivity index (χ0v) is 17.1. The number of nitrogens with one attached hydrogen (secondary N) is 2. The fourth-order valence-electron chi connectivity index (χ4n) is 2.82. The molecule has 7 heteroatoms.